The van der Waals surface area contributed by atoms with E-state index in [1.165, 1.54) is 7.11 Å². The Hall–Kier alpha value is -2.01. The predicted molar refractivity (Wildman–Crippen MR) is 67.3 cm³/mol. The molecule has 1 heterocycles. The van der Waals surface area contributed by atoms with Gasteiger partial charge in [-0.15, -0.1) is 0 Å². The standard InChI is InChI=1S/C12H11ClN2O3/c1-6-10(11(12(16)17)15-14-6)8-5-7(13)3-4-9(8)18-2/h3-5H,1-2H3,(H,14,15)(H,16,17). The number of aromatic carboxylic acids is 1. The Morgan fingerprint density at radius 2 is 2.22 bits per heavy atom. The number of hydrogen-bond acceptors (Lipinski definition) is 3. The number of methoxy groups -OCH3 is 1. The molecular weight excluding hydrogens is 256 g/mol. The molecule has 5 nitrogen and oxygen atoms in total. The van der Waals surface area contributed by atoms with Crippen molar-refractivity contribution in [2.24, 2.45) is 0 Å². The van der Waals surface area contributed by atoms with Crippen LogP contribution in [0.15, 0.2) is 18.2 Å². The second kappa shape index (κ2) is 4.70. The van der Waals surface area contributed by atoms with Gasteiger partial charge in [-0.1, -0.05) is 11.6 Å². The highest BCUT2D eigenvalue weighted by atomic mass is 35.5. The summed E-state index contributed by atoms with van der Waals surface area (Å²) < 4.78 is 5.22. The van der Waals surface area contributed by atoms with Crippen LogP contribution in [0.25, 0.3) is 11.1 Å². The first-order valence-corrected chi connectivity index (χ1v) is 5.54. The second-order valence-corrected chi connectivity index (χ2v) is 4.16. The van der Waals surface area contributed by atoms with Gasteiger partial charge in [-0.2, -0.15) is 5.10 Å². The van der Waals surface area contributed by atoms with Gasteiger partial charge in [0, 0.05) is 21.8 Å². The topological polar surface area (TPSA) is 75.2 Å². The number of nitrogens with zero attached hydrogens (tertiary/aromatic N) is 1. The quantitative estimate of drug-likeness (QED) is 0.896. The van der Waals surface area contributed by atoms with Crippen LogP contribution in [0.4, 0.5) is 0 Å². The van der Waals surface area contributed by atoms with Gasteiger partial charge in [0.05, 0.1) is 7.11 Å². The first-order chi connectivity index (χ1) is 8.54. The van der Waals surface area contributed by atoms with Crippen molar-refractivity contribution < 1.29 is 14.6 Å². The molecule has 2 N–H and O–H groups in total. The zero-order valence-electron chi connectivity index (χ0n) is 9.82. The van der Waals surface area contributed by atoms with E-state index in [-0.39, 0.29) is 5.69 Å². The van der Waals surface area contributed by atoms with Gasteiger partial charge < -0.3 is 9.84 Å². The van der Waals surface area contributed by atoms with Crippen LogP contribution in [0.3, 0.4) is 0 Å². The number of hydrogen-bond donors (Lipinski definition) is 2. The molecule has 0 amide bonds. The number of benzene rings is 1. The molecule has 0 fully saturated rings. The average molecular weight is 267 g/mol. The lowest BCUT2D eigenvalue weighted by molar-refractivity contribution is 0.0691. The molecule has 0 saturated carbocycles. The molecule has 1 aromatic carbocycles. The van der Waals surface area contributed by atoms with Crippen LogP contribution in [0.2, 0.25) is 5.02 Å². The van der Waals surface area contributed by atoms with Gasteiger partial charge in [-0.25, -0.2) is 4.79 Å². The molecule has 0 bridgehead atoms. The van der Waals surface area contributed by atoms with Crippen molar-refractivity contribution in [3.05, 3.63) is 34.6 Å². The molecule has 0 radical (unpaired) electrons. The largest absolute Gasteiger partial charge is 0.496 e. The summed E-state index contributed by atoms with van der Waals surface area (Å²) in [5.74, 6) is -0.553. The molecule has 0 saturated heterocycles. The molecule has 0 unspecified atom stereocenters. The lowest BCUT2D eigenvalue weighted by Crippen LogP contribution is -2.00. The van der Waals surface area contributed by atoms with Gasteiger partial charge in [0.2, 0.25) is 0 Å². The van der Waals surface area contributed by atoms with Crippen LogP contribution in [-0.2, 0) is 0 Å². The number of H-pyrrole nitrogens is 1. The predicted octanol–water partition coefficient (Wildman–Crippen LogP) is 2.75. The summed E-state index contributed by atoms with van der Waals surface area (Å²) in [5.41, 5.74) is 1.69. The van der Waals surface area contributed by atoms with Crippen LogP contribution in [0.1, 0.15) is 16.2 Å². The second-order valence-electron chi connectivity index (χ2n) is 3.72. The number of ether oxygens (including phenoxy) is 1. The minimum absolute atomic E-state index is 0.0481. The number of aromatic amines is 1. The molecule has 6 heteroatoms. The van der Waals surface area contributed by atoms with Gasteiger partial charge in [0.25, 0.3) is 0 Å². The zero-order valence-corrected chi connectivity index (χ0v) is 10.6. The lowest BCUT2D eigenvalue weighted by Gasteiger charge is -2.09. The maximum absolute atomic E-state index is 11.1. The van der Waals surface area contributed by atoms with E-state index < -0.39 is 5.97 Å². The molecule has 18 heavy (non-hydrogen) atoms. The van der Waals surface area contributed by atoms with Crippen molar-refractivity contribution >= 4 is 17.6 Å². The van der Waals surface area contributed by atoms with Gasteiger partial charge >= 0.3 is 5.97 Å². The molecule has 0 aliphatic carbocycles. The third kappa shape index (κ3) is 2.04. The minimum atomic E-state index is -1.10. The molecule has 0 aliphatic heterocycles. The molecule has 0 atom stereocenters. The van der Waals surface area contributed by atoms with Gasteiger partial charge in [0.15, 0.2) is 5.69 Å². The summed E-state index contributed by atoms with van der Waals surface area (Å²) in [6, 6.07) is 5.03. The Labute approximate surface area is 108 Å². The van der Waals surface area contributed by atoms with Crippen LogP contribution in [0, 0.1) is 6.92 Å². The van der Waals surface area contributed by atoms with Crippen LogP contribution < -0.4 is 4.74 Å². The van der Waals surface area contributed by atoms with E-state index in [2.05, 4.69) is 10.2 Å². The Morgan fingerprint density at radius 1 is 1.50 bits per heavy atom. The third-order valence-corrected chi connectivity index (χ3v) is 2.82. The monoisotopic (exact) mass is 266 g/mol. The summed E-state index contributed by atoms with van der Waals surface area (Å²) in [4.78, 5) is 11.1. The minimum Gasteiger partial charge on any atom is -0.496 e. The van der Waals surface area contributed by atoms with E-state index in [0.717, 1.165) is 0 Å². The Balaban J connectivity index is 2.71. The summed E-state index contributed by atoms with van der Waals surface area (Å²) in [6.45, 7) is 1.75. The SMILES string of the molecule is COc1ccc(Cl)cc1-c1c(C(=O)O)n[nH]c1C. The molecule has 0 aliphatic rings. The van der Waals surface area contributed by atoms with Crippen molar-refractivity contribution in [3.63, 3.8) is 0 Å². The number of aryl methyl sites for hydroxylation is 1. The number of aromatic nitrogens is 2. The third-order valence-electron chi connectivity index (χ3n) is 2.58. The number of rotatable bonds is 3. The van der Waals surface area contributed by atoms with Gasteiger partial charge in [-0.05, 0) is 25.1 Å². The van der Waals surface area contributed by atoms with Crippen LogP contribution in [0.5, 0.6) is 5.75 Å². The fraction of sp³-hybridized carbons (Fsp3) is 0.167. The number of carbonyl (C=O) groups is 1. The zero-order chi connectivity index (χ0) is 13.3. The van der Waals surface area contributed by atoms with E-state index in [1.54, 1.807) is 25.1 Å². The van der Waals surface area contributed by atoms with E-state index in [1.807, 2.05) is 0 Å². The van der Waals surface area contributed by atoms with Crippen molar-refractivity contribution in [2.75, 3.05) is 7.11 Å². The van der Waals surface area contributed by atoms with E-state index in [4.69, 9.17) is 21.4 Å². The number of carboxylic acids is 1. The summed E-state index contributed by atoms with van der Waals surface area (Å²) in [7, 11) is 1.52. The fourth-order valence-corrected chi connectivity index (χ4v) is 1.96. The first kappa shape index (κ1) is 12.4. The molecule has 94 valence electrons. The molecule has 2 rings (SSSR count). The van der Waals surface area contributed by atoms with E-state index in [9.17, 15) is 4.79 Å². The van der Waals surface area contributed by atoms with Crippen molar-refractivity contribution in [3.8, 4) is 16.9 Å². The summed E-state index contributed by atoms with van der Waals surface area (Å²) >= 11 is 5.94. The maximum atomic E-state index is 11.1. The van der Waals surface area contributed by atoms with Crippen LogP contribution >= 0.6 is 11.6 Å². The number of nitrogens with one attached hydrogen (secondary N) is 1. The van der Waals surface area contributed by atoms with E-state index in [0.29, 0.717) is 27.6 Å². The highest BCUT2D eigenvalue weighted by Crippen LogP contribution is 2.35. The lowest BCUT2D eigenvalue weighted by atomic mass is 10.0. The Kier molecular flexibility index (Phi) is 3.25. The van der Waals surface area contributed by atoms with Crippen LogP contribution in [-0.4, -0.2) is 28.4 Å². The van der Waals surface area contributed by atoms with Crippen molar-refractivity contribution in [1.82, 2.24) is 10.2 Å². The highest BCUT2D eigenvalue weighted by Gasteiger charge is 2.21. The molecule has 1 aromatic heterocycles. The van der Waals surface area contributed by atoms with Crippen molar-refractivity contribution in [2.45, 2.75) is 6.92 Å². The molecule has 0 spiro atoms. The van der Waals surface area contributed by atoms with E-state index >= 15 is 0 Å². The smallest absolute Gasteiger partial charge is 0.357 e. The summed E-state index contributed by atoms with van der Waals surface area (Å²) in [6.07, 6.45) is 0. The van der Waals surface area contributed by atoms with Gasteiger partial charge in [-0.3, -0.25) is 5.10 Å². The summed E-state index contributed by atoms with van der Waals surface area (Å²) in [5, 5.41) is 16.1. The molecule has 2 aromatic rings. The Morgan fingerprint density at radius 3 is 2.83 bits per heavy atom. The normalized spacial score (nSPS) is 10.4. The number of halogens is 1. The first-order valence-electron chi connectivity index (χ1n) is 5.16. The van der Waals surface area contributed by atoms with Crippen molar-refractivity contribution in [1.29, 1.82) is 0 Å². The molecular formula is C12H11ClN2O3. The Bertz CT molecular complexity index is 607. The highest BCUT2D eigenvalue weighted by molar-refractivity contribution is 6.31. The van der Waals surface area contributed by atoms with Gasteiger partial charge in [0.1, 0.15) is 5.75 Å². The average Bonchev–Trinajstić information content (AvgIpc) is 2.71. The fourth-order valence-electron chi connectivity index (χ4n) is 1.79. The number of carboxylic acid groups (broad SMARTS) is 1. The maximum Gasteiger partial charge on any atom is 0.357 e.